The molecule has 0 saturated carbocycles. The number of amides is 2. The van der Waals surface area contributed by atoms with Crippen molar-refractivity contribution in [3.05, 3.63) is 30.5 Å². The van der Waals surface area contributed by atoms with Crippen molar-refractivity contribution in [2.45, 2.75) is 0 Å². The molecule has 0 bridgehead atoms. The average Bonchev–Trinajstić information content (AvgIpc) is 2.64. The molecule has 5 heteroatoms. The van der Waals surface area contributed by atoms with Gasteiger partial charge in [0.05, 0.1) is 0 Å². The van der Waals surface area contributed by atoms with Gasteiger partial charge in [-0.25, -0.2) is 0 Å². The van der Waals surface area contributed by atoms with E-state index in [9.17, 15) is 9.59 Å². The summed E-state index contributed by atoms with van der Waals surface area (Å²) >= 11 is 0. The zero-order valence-electron chi connectivity index (χ0n) is 7.78. The summed E-state index contributed by atoms with van der Waals surface area (Å²) in [5.41, 5.74) is 6.24. The standard InChI is InChI=1S/C10H9N3O2/c11-9(14)10(15)13-7-2-1-6-3-4-12-8(6)5-7/h1-5,12H,(H2,11,14)(H,13,15). The van der Waals surface area contributed by atoms with E-state index >= 15 is 0 Å². The molecule has 0 unspecified atom stereocenters. The van der Waals surface area contributed by atoms with Gasteiger partial charge in [0.15, 0.2) is 0 Å². The Kier molecular flexibility index (Phi) is 2.13. The Bertz CT molecular complexity index is 530. The van der Waals surface area contributed by atoms with Gasteiger partial charge in [-0.05, 0) is 23.6 Å². The number of carbonyl (C=O) groups is 2. The SMILES string of the molecule is NC(=O)C(=O)Nc1ccc2cc[nH]c2c1. The van der Waals surface area contributed by atoms with E-state index in [0.29, 0.717) is 5.69 Å². The molecule has 2 aromatic rings. The number of primary amides is 1. The molecule has 0 atom stereocenters. The van der Waals surface area contributed by atoms with Crippen molar-refractivity contribution in [1.82, 2.24) is 4.98 Å². The first kappa shape index (κ1) is 9.26. The van der Waals surface area contributed by atoms with E-state index in [-0.39, 0.29) is 0 Å². The lowest BCUT2D eigenvalue weighted by Crippen LogP contribution is -2.29. The van der Waals surface area contributed by atoms with Crippen molar-refractivity contribution in [3.63, 3.8) is 0 Å². The van der Waals surface area contributed by atoms with Crippen molar-refractivity contribution in [1.29, 1.82) is 0 Å². The quantitative estimate of drug-likeness (QED) is 0.592. The summed E-state index contributed by atoms with van der Waals surface area (Å²) in [5, 5.41) is 3.42. The minimum absolute atomic E-state index is 0.536. The molecule has 0 aliphatic rings. The molecule has 76 valence electrons. The van der Waals surface area contributed by atoms with Crippen molar-refractivity contribution >= 4 is 28.4 Å². The van der Waals surface area contributed by atoms with Crippen LogP contribution >= 0.6 is 0 Å². The second kappa shape index (κ2) is 3.45. The maximum Gasteiger partial charge on any atom is 0.313 e. The van der Waals surface area contributed by atoms with Gasteiger partial charge >= 0.3 is 11.8 Å². The Morgan fingerprint density at radius 3 is 2.80 bits per heavy atom. The molecule has 4 N–H and O–H groups in total. The predicted octanol–water partition coefficient (Wildman–Crippen LogP) is 0.592. The van der Waals surface area contributed by atoms with Gasteiger partial charge in [0, 0.05) is 17.4 Å². The van der Waals surface area contributed by atoms with E-state index in [1.165, 1.54) is 0 Å². The molecule has 0 aliphatic heterocycles. The number of aromatic amines is 1. The number of aromatic nitrogens is 1. The summed E-state index contributed by atoms with van der Waals surface area (Å²) in [6, 6.07) is 7.19. The first-order valence-corrected chi connectivity index (χ1v) is 4.35. The second-order valence-electron chi connectivity index (χ2n) is 3.10. The fraction of sp³-hybridized carbons (Fsp3) is 0. The smallest absolute Gasteiger partial charge is 0.313 e. The van der Waals surface area contributed by atoms with E-state index in [2.05, 4.69) is 10.3 Å². The molecule has 15 heavy (non-hydrogen) atoms. The Hall–Kier alpha value is -2.30. The fourth-order valence-electron chi connectivity index (χ4n) is 1.32. The maximum atomic E-state index is 11.0. The van der Waals surface area contributed by atoms with Gasteiger partial charge in [-0.2, -0.15) is 0 Å². The molecule has 1 aromatic carbocycles. The molecular formula is C10H9N3O2. The van der Waals surface area contributed by atoms with Crippen LogP contribution in [0.5, 0.6) is 0 Å². The highest BCUT2D eigenvalue weighted by atomic mass is 16.2. The van der Waals surface area contributed by atoms with Crippen LogP contribution < -0.4 is 11.1 Å². The summed E-state index contributed by atoms with van der Waals surface area (Å²) < 4.78 is 0. The number of hydrogen-bond donors (Lipinski definition) is 3. The van der Waals surface area contributed by atoms with E-state index in [4.69, 9.17) is 5.73 Å². The van der Waals surface area contributed by atoms with Gasteiger partial charge in [0.1, 0.15) is 0 Å². The van der Waals surface area contributed by atoms with Gasteiger partial charge < -0.3 is 16.0 Å². The van der Waals surface area contributed by atoms with Crippen LogP contribution in [0.1, 0.15) is 0 Å². The molecular weight excluding hydrogens is 194 g/mol. The minimum Gasteiger partial charge on any atom is -0.361 e. The van der Waals surface area contributed by atoms with Gasteiger partial charge in [-0.3, -0.25) is 9.59 Å². The third-order valence-electron chi connectivity index (χ3n) is 2.04. The fourth-order valence-corrected chi connectivity index (χ4v) is 1.32. The highest BCUT2D eigenvalue weighted by Gasteiger charge is 2.08. The lowest BCUT2D eigenvalue weighted by molar-refractivity contribution is -0.134. The normalized spacial score (nSPS) is 10.1. The third kappa shape index (κ3) is 1.80. The van der Waals surface area contributed by atoms with Crippen LogP contribution in [-0.4, -0.2) is 16.8 Å². The topological polar surface area (TPSA) is 88.0 Å². The molecule has 0 fully saturated rings. The number of benzene rings is 1. The van der Waals surface area contributed by atoms with Crippen LogP contribution in [-0.2, 0) is 9.59 Å². The number of carbonyl (C=O) groups excluding carboxylic acids is 2. The zero-order valence-corrected chi connectivity index (χ0v) is 7.78. The lowest BCUT2D eigenvalue weighted by atomic mass is 10.2. The maximum absolute atomic E-state index is 11.0. The van der Waals surface area contributed by atoms with Crippen molar-refractivity contribution < 1.29 is 9.59 Å². The van der Waals surface area contributed by atoms with Crippen molar-refractivity contribution in [2.75, 3.05) is 5.32 Å². The molecule has 2 rings (SSSR count). The summed E-state index contributed by atoms with van der Waals surface area (Å²) in [4.78, 5) is 24.5. The monoisotopic (exact) mass is 203 g/mol. The molecule has 0 saturated heterocycles. The third-order valence-corrected chi connectivity index (χ3v) is 2.04. The Balaban J connectivity index is 2.28. The van der Waals surface area contributed by atoms with E-state index in [1.807, 2.05) is 12.1 Å². The Labute approximate surface area is 85.3 Å². The molecule has 0 radical (unpaired) electrons. The summed E-state index contributed by atoms with van der Waals surface area (Å²) in [6.45, 7) is 0. The zero-order chi connectivity index (χ0) is 10.8. The number of anilines is 1. The summed E-state index contributed by atoms with van der Waals surface area (Å²) in [6.07, 6.45) is 1.80. The van der Waals surface area contributed by atoms with E-state index < -0.39 is 11.8 Å². The van der Waals surface area contributed by atoms with Gasteiger partial charge in [-0.1, -0.05) is 6.07 Å². The lowest BCUT2D eigenvalue weighted by Gasteiger charge is -2.01. The van der Waals surface area contributed by atoms with Gasteiger partial charge in [0.25, 0.3) is 0 Å². The molecule has 1 heterocycles. The Morgan fingerprint density at radius 2 is 2.07 bits per heavy atom. The molecule has 1 aromatic heterocycles. The van der Waals surface area contributed by atoms with Crippen LogP contribution in [0, 0.1) is 0 Å². The van der Waals surface area contributed by atoms with Crippen LogP contribution in [0.3, 0.4) is 0 Å². The van der Waals surface area contributed by atoms with Crippen LogP contribution in [0.4, 0.5) is 5.69 Å². The second-order valence-corrected chi connectivity index (χ2v) is 3.10. The van der Waals surface area contributed by atoms with E-state index in [0.717, 1.165) is 10.9 Å². The van der Waals surface area contributed by atoms with Crippen LogP contribution in [0.25, 0.3) is 10.9 Å². The molecule has 5 nitrogen and oxygen atoms in total. The van der Waals surface area contributed by atoms with Crippen molar-refractivity contribution in [3.8, 4) is 0 Å². The van der Waals surface area contributed by atoms with Crippen LogP contribution in [0.2, 0.25) is 0 Å². The number of hydrogen-bond acceptors (Lipinski definition) is 2. The highest BCUT2D eigenvalue weighted by Crippen LogP contribution is 2.17. The molecule has 2 amide bonds. The Morgan fingerprint density at radius 1 is 1.27 bits per heavy atom. The average molecular weight is 203 g/mol. The molecule has 0 aliphatic carbocycles. The first-order valence-electron chi connectivity index (χ1n) is 4.35. The number of fused-ring (bicyclic) bond motifs is 1. The summed E-state index contributed by atoms with van der Waals surface area (Å²) in [5.74, 6) is -1.82. The van der Waals surface area contributed by atoms with Gasteiger partial charge in [-0.15, -0.1) is 0 Å². The number of rotatable bonds is 1. The van der Waals surface area contributed by atoms with Gasteiger partial charge in [0.2, 0.25) is 0 Å². The first-order chi connectivity index (χ1) is 7.16. The largest absolute Gasteiger partial charge is 0.361 e. The number of nitrogens with two attached hydrogens (primary N) is 1. The van der Waals surface area contributed by atoms with E-state index in [1.54, 1.807) is 18.3 Å². The minimum atomic E-state index is -0.999. The van der Waals surface area contributed by atoms with Crippen LogP contribution in [0.15, 0.2) is 30.5 Å². The number of nitrogens with one attached hydrogen (secondary N) is 2. The summed E-state index contributed by atoms with van der Waals surface area (Å²) in [7, 11) is 0. The number of H-pyrrole nitrogens is 1. The predicted molar refractivity (Wildman–Crippen MR) is 56.1 cm³/mol. The molecule has 0 spiro atoms. The highest BCUT2D eigenvalue weighted by molar-refractivity contribution is 6.39. The van der Waals surface area contributed by atoms with Crippen molar-refractivity contribution in [2.24, 2.45) is 5.73 Å².